The zero-order valence-electron chi connectivity index (χ0n) is 13.2. The summed E-state index contributed by atoms with van der Waals surface area (Å²) in [6.07, 6.45) is -4.71. The Morgan fingerprint density at radius 3 is 2.35 bits per heavy atom. The number of sulfone groups is 1. The summed E-state index contributed by atoms with van der Waals surface area (Å²) in [4.78, 5) is 14.7. The molecule has 1 heterocycles. The number of aromatic nitrogens is 1. The number of pyridine rings is 1. The van der Waals surface area contributed by atoms with E-state index >= 15 is 0 Å². The predicted molar refractivity (Wildman–Crippen MR) is 89.0 cm³/mol. The summed E-state index contributed by atoms with van der Waals surface area (Å²) in [5.41, 5.74) is 3.72. The number of nitrogens with zero attached hydrogens (tertiary/aromatic N) is 1. The van der Waals surface area contributed by atoms with Gasteiger partial charge in [0.05, 0.1) is 21.2 Å². The smallest absolute Gasteiger partial charge is 0.370 e. The highest BCUT2D eigenvalue weighted by Crippen LogP contribution is 2.38. The van der Waals surface area contributed by atoms with Crippen LogP contribution in [-0.2, 0) is 20.8 Å². The number of hydrogen-bond acceptors (Lipinski definition) is 4. The second-order valence-corrected chi connectivity index (χ2v) is 7.98. The van der Waals surface area contributed by atoms with Gasteiger partial charge in [0, 0.05) is 12.6 Å². The number of nitrogens with two attached hydrogens (primary N) is 1. The summed E-state index contributed by atoms with van der Waals surface area (Å²) in [5.74, 6) is -0.749. The van der Waals surface area contributed by atoms with Gasteiger partial charge in [0.1, 0.15) is 5.25 Å². The number of rotatable bonds is 6. The molecule has 2 rings (SSSR count). The van der Waals surface area contributed by atoms with Gasteiger partial charge in [-0.05, 0) is 24.6 Å². The quantitative estimate of drug-likeness (QED) is 0.794. The molecule has 1 aromatic heterocycles. The minimum absolute atomic E-state index is 0.0627. The van der Waals surface area contributed by atoms with Crippen molar-refractivity contribution in [3.8, 4) is 0 Å². The molecule has 10 heteroatoms. The summed E-state index contributed by atoms with van der Waals surface area (Å²) < 4.78 is 64.1. The van der Waals surface area contributed by atoms with Gasteiger partial charge in [-0.1, -0.05) is 29.8 Å². The van der Waals surface area contributed by atoms with Crippen molar-refractivity contribution in [2.45, 2.75) is 29.2 Å². The number of halogens is 4. The van der Waals surface area contributed by atoms with Crippen LogP contribution in [0.3, 0.4) is 0 Å². The van der Waals surface area contributed by atoms with Crippen LogP contribution in [-0.4, -0.2) is 19.3 Å². The van der Waals surface area contributed by atoms with E-state index in [-0.39, 0.29) is 23.4 Å². The third-order valence-corrected chi connectivity index (χ3v) is 6.04. The molecule has 0 bridgehead atoms. The highest BCUT2D eigenvalue weighted by Gasteiger charge is 2.35. The summed E-state index contributed by atoms with van der Waals surface area (Å²) in [6, 6.07) is 7.90. The Morgan fingerprint density at radius 1 is 1.23 bits per heavy atom. The molecule has 1 amide bonds. The first kappa shape index (κ1) is 20.2. The van der Waals surface area contributed by atoms with Crippen LogP contribution in [0.1, 0.15) is 29.3 Å². The minimum atomic E-state index is -4.67. The molecule has 0 spiro atoms. The molecule has 0 aliphatic rings. The molecule has 0 fully saturated rings. The maximum absolute atomic E-state index is 12.9. The summed E-state index contributed by atoms with van der Waals surface area (Å²) in [6.45, 7) is 0. The molecule has 1 aromatic carbocycles. The van der Waals surface area contributed by atoms with Crippen molar-refractivity contribution < 1.29 is 26.4 Å². The molecule has 0 aliphatic carbocycles. The third kappa shape index (κ3) is 4.53. The lowest BCUT2D eigenvalue weighted by atomic mass is 10.1. The highest BCUT2D eigenvalue weighted by molar-refractivity contribution is 7.91. The highest BCUT2D eigenvalue weighted by atomic mass is 35.5. The van der Waals surface area contributed by atoms with E-state index in [1.165, 1.54) is 24.3 Å². The van der Waals surface area contributed by atoms with Crippen molar-refractivity contribution in [1.29, 1.82) is 0 Å². The molecule has 26 heavy (non-hydrogen) atoms. The molecule has 140 valence electrons. The minimum Gasteiger partial charge on any atom is -0.370 e. The van der Waals surface area contributed by atoms with Crippen LogP contribution in [0.25, 0.3) is 0 Å². The SMILES string of the molecule is NC(=O)CCC(c1ncc(C(F)(F)F)cc1Cl)S(=O)(=O)c1ccccc1. The van der Waals surface area contributed by atoms with Crippen LogP contribution in [0.4, 0.5) is 13.2 Å². The zero-order chi connectivity index (χ0) is 19.5. The Labute approximate surface area is 152 Å². The Morgan fingerprint density at radius 2 is 1.85 bits per heavy atom. The topological polar surface area (TPSA) is 90.1 Å². The number of benzene rings is 1. The summed E-state index contributed by atoms with van der Waals surface area (Å²) in [5, 5.41) is -1.86. The van der Waals surface area contributed by atoms with Crippen LogP contribution < -0.4 is 5.73 Å². The van der Waals surface area contributed by atoms with Gasteiger partial charge in [0.25, 0.3) is 0 Å². The number of amides is 1. The Kier molecular flexibility index (Phi) is 5.92. The van der Waals surface area contributed by atoms with Crippen molar-refractivity contribution in [1.82, 2.24) is 4.98 Å². The molecule has 0 saturated carbocycles. The van der Waals surface area contributed by atoms with E-state index in [1.54, 1.807) is 6.07 Å². The van der Waals surface area contributed by atoms with Gasteiger partial charge in [-0.3, -0.25) is 9.78 Å². The molecular formula is C16H14ClF3N2O3S. The monoisotopic (exact) mass is 406 g/mol. The fourth-order valence-electron chi connectivity index (χ4n) is 2.33. The van der Waals surface area contributed by atoms with Crippen molar-refractivity contribution in [3.05, 3.63) is 58.9 Å². The first-order valence-corrected chi connectivity index (χ1v) is 9.26. The van der Waals surface area contributed by atoms with Crippen LogP contribution in [0.5, 0.6) is 0 Å². The third-order valence-electron chi connectivity index (χ3n) is 3.60. The molecule has 1 unspecified atom stereocenters. The largest absolute Gasteiger partial charge is 0.417 e. The molecule has 2 N–H and O–H groups in total. The van der Waals surface area contributed by atoms with Crippen LogP contribution >= 0.6 is 11.6 Å². The van der Waals surface area contributed by atoms with E-state index < -0.39 is 37.8 Å². The van der Waals surface area contributed by atoms with Gasteiger partial charge in [-0.15, -0.1) is 0 Å². The number of carbonyl (C=O) groups is 1. The first-order chi connectivity index (χ1) is 12.0. The van der Waals surface area contributed by atoms with Crippen LogP contribution in [0, 0.1) is 0 Å². The first-order valence-electron chi connectivity index (χ1n) is 7.33. The van der Waals surface area contributed by atoms with Crippen molar-refractivity contribution in [2.75, 3.05) is 0 Å². The second-order valence-electron chi connectivity index (χ2n) is 5.44. The molecule has 5 nitrogen and oxygen atoms in total. The lowest BCUT2D eigenvalue weighted by molar-refractivity contribution is -0.137. The molecule has 1 atom stereocenters. The molecule has 0 aliphatic heterocycles. The standard InChI is InChI=1S/C16H14ClF3N2O3S/c17-12-8-10(16(18,19)20)9-22-15(12)13(6-7-14(21)23)26(24,25)11-4-2-1-3-5-11/h1-5,8-9,13H,6-7H2,(H2,21,23). The van der Waals surface area contributed by atoms with Crippen molar-refractivity contribution >= 4 is 27.3 Å². The summed E-state index contributed by atoms with van der Waals surface area (Å²) >= 11 is 5.90. The number of hydrogen-bond donors (Lipinski definition) is 1. The predicted octanol–water partition coefficient (Wildman–Crippen LogP) is 3.53. The second kappa shape index (κ2) is 7.63. The lowest BCUT2D eigenvalue weighted by Gasteiger charge is -2.19. The van der Waals surface area contributed by atoms with Crippen LogP contribution in [0.2, 0.25) is 5.02 Å². The van der Waals surface area contributed by atoms with Crippen molar-refractivity contribution in [3.63, 3.8) is 0 Å². The maximum atomic E-state index is 12.9. The van der Waals surface area contributed by atoms with Gasteiger partial charge in [0.15, 0.2) is 9.84 Å². The van der Waals surface area contributed by atoms with Gasteiger partial charge in [0.2, 0.25) is 5.91 Å². The summed E-state index contributed by atoms with van der Waals surface area (Å²) in [7, 11) is -4.06. The lowest BCUT2D eigenvalue weighted by Crippen LogP contribution is -2.20. The van der Waals surface area contributed by atoms with E-state index in [0.29, 0.717) is 12.3 Å². The van der Waals surface area contributed by atoms with Gasteiger partial charge >= 0.3 is 6.18 Å². The fourth-order valence-corrected chi connectivity index (χ4v) is 4.46. The zero-order valence-corrected chi connectivity index (χ0v) is 14.8. The number of alkyl halides is 3. The number of carbonyl (C=O) groups excluding carboxylic acids is 1. The molecular weight excluding hydrogens is 393 g/mol. The van der Waals surface area contributed by atoms with E-state index in [4.69, 9.17) is 17.3 Å². The van der Waals surface area contributed by atoms with E-state index in [0.717, 1.165) is 0 Å². The average molecular weight is 407 g/mol. The van der Waals surface area contributed by atoms with E-state index in [9.17, 15) is 26.4 Å². The van der Waals surface area contributed by atoms with Gasteiger partial charge < -0.3 is 5.73 Å². The molecule has 0 radical (unpaired) electrons. The average Bonchev–Trinajstić information content (AvgIpc) is 2.55. The maximum Gasteiger partial charge on any atom is 0.417 e. The van der Waals surface area contributed by atoms with Crippen LogP contribution in [0.15, 0.2) is 47.5 Å². The Balaban J connectivity index is 2.54. The van der Waals surface area contributed by atoms with Gasteiger partial charge in [-0.25, -0.2) is 8.42 Å². The van der Waals surface area contributed by atoms with E-state index in [1.807, 2.05) is 0 Å². The number of primary amides is 1. The van der Waals surface area contributed by atoms with E-state index in [2.05, 4.69) is 4.98 Å². The van der Waals surface area contributed by atoms with Gasteiger partial charge in [-0.2, -0.15) is 13.2 Å². The normalized spacial score (nSPS) is 13.4. The fraction of sp³-hybridized carbons (Fsp3) is 0.250. The Hall–Kier alpha value is -2.13. The van der Waals surface area contributed by atoms with Crippen molar-refractivity contribution in [2.24, 2.45) is 5.73 Å². The molecule has 0 saturated heterocycles. The molecule has 2 aromatic rings. The Bertz CT molecular complexity index is 903.